The van der Waals surface area contributed by atoms with Gasteiger partial charge in [-0.25, -0.2) is 4.79 Å². The summed E-state index contributed by atoms with van der Waals surface area (Å²) >= 11 is 0. The van der Waals surface area contributed by atoms with E-state index in [1.54, 1.807) is 12.1 Å². The van der Waals surface area contributed by atoms with Crippen LogP contribution < -0.4 is 0 Å². The Labute approximate surface area is 118 Å². The highest BCUT2D eigenvalue weighted by atomic mass is 16.6. The van der Waals surface area contributed by atoms with E-state index in [-0.39, 0.29) is 12.3 Å². The van der Waals surface area contributed by atoms with Crippen molar-refractivity contribution in [1.82, 2.24) is 0 Å². The lowest BCUT2D eigenvalue weighted by atomic mass is 10.0. The van der Waals surface area contributed by atoms with Gasteiger partial charge in [0.2, 0.25) is 0 Å². The predicted molar refractivity (Wildman–Crippen MR) is 75.6 cm³/mol. The fourth-order valence-corrected chi connectivity index (χ4v) is 1.49. The number of rotatable bonds is 6. The summed E-state index contributed by atoms with van der Waals surface area (Å²) < 4.78 is 4.70. The zero-order valence-electron chi connectivity index (χ0n) is 12.0. The largest absolute Gasteiger partial charge is 0.464 e. The Balaban J connectivity index is 3.07. The summed E-state index contributed by atoms with van der Waals surface area (Å²) in [7, 11) is 2.66. The van der Waals surface area contributed by atoms with Crippen molar-refractivity contribution in [1.29, 1.82) is 0 Å². The molecule has 0 N–H and O–H groups in total. The number of hydrogen-bond donors (Lipinski definition) is 0. The quantitative estimate of drug-likeness (QED) is 0.454. The van der Waals surface area contributed by atoms with Crippen molar-refractivity contribution in [3.05, 3.63) is 35.4 Å². The monoisotopic (exact) mass is 278 g/mol. The molecule has 0 amide bonds. The van der Waals surface area contributed by atoms with E-state index >= 15 is 0 Å². The molecule has 1 rings (SSSR count). The van der Waals surface area contributed by atoms with E-state index < -0.39 is 5.97 Å². The molecule has 20 heavy (non-hydrogen) atoms. The molecule has 1 aromatic rings. The number of hydrogen-bond acceptors (Lipinski definition) is 6. The van der Waals surface area contributed by atoms with Gasteiger partial charge in [0.1, 0.15) is 13.7 Å². The van der Waals surface area contributed by atoms with Gasteiger partial charge in [0.05, 0.1) is 12.8 Å². The minimum atomic E-state index is -0.575. The molecule has 0 aliphatic rings. The first kappa shape index (κ1) is 15.7. The predicted octanol–water partition coefficient (Wildman–Crippen LogP) is 2.12. The third-order valence-corrected chi connectivity index (χ3v) is 2.30. The number of methoxy groups -OCH3 is 1. The van der Waals surface area contributed by atoms with Gasteiger partial charge < -0.3 is 14.4 Å². The molecule has 0 unspecified atom stereocenters. The summed E-state index contributed by atoms with van der Waals surface area (Å²) in [6.45, 7) is 3.89. The average Bonchev–Trinajstić information content (AvgIpc) is 2.44. The van der Waals surface area contributed by atoms with Gasteiger partial charge >= 0.3 is 5.97 Å². The first-order valence-electron chi connectivity index (χ1n) is 6.01. The molecule has 0 bridgehead atoms. The number of benzene rings is 1. The summed E-state index contributed by atoms with van der Waals surface area (Å²) in [5.41, 5.74) is 2.25. The van der Waals surface area contributed by atoms with Gasteiger partial charge in [0, 0.05) is 11.1 Å². The normalized spacial score (nSPS) is 10.7. The van der Waals surface area contributed by atoms with Crippen molar-refractivity contribution in [3.8, 4) is 0 Å². The van der Waals surface area contributed by atoms with Crippen LogP contribution in [0.1, 0.15) is 25.0 Å². The van der Waals surface area contributed by atoms with Gasteiger partial charge in [-0.15, -0.1) is 0 Å². The molecule has 0 aliphatic carbocycles. The van der Waals surface area contributed by atoms with E-state index in [0.29, 0.717) is 5.56 Å². The minimum absolute atomic E-state index is 0.0893. The van der Waals surface area contributed by atoms with Crippen molar-refractivity contribution < 1.29 is 19.2 Å². The first-order valence-corrected chi connectivity index (χ1v) is 6.01. The Bertz CT molecular complexity index is 520. The second kappa shape index (κ2) is 7.93. The molecule has 0 saturated heterocycles. The minimum Gasteiger partial charge on any atom is -0.464 e. The molecule has 0 heterocycles. The van der Waals surface area contributed by atoms with E-state index in [1.807, 2.05) is 26.0 Å². The van der Waals surface area contributed by atoms with E-state index in [9.17, 15) is 4.79 Å². The molecular formula is C14H18N2O4. The number of carbonyl (C=O) groups is 1. The van der Waals surface area contributed by atoms with Crippen molar-refractivity contribution in [2.24, 2.45) is 10.3 Å². The maximum atomic E-state index is 11.7. The van der Waals surface area contributed by atoms with Crippen LogP contribution in [0.3, 0.4) is 0 Å². The average molecular weight is 278 g/mol. The standard InChI is InChI=1S/C14H18N2O4/c1-10(2)15-20-9-11-7-5-6-8-12(11)13(16-19-4)14(17)18-3/h5-8H,9H2,1-4H3/b16-13+. The summed E-state index contributed by atoms with van der Waals surface area (Å²) in [6.07, 6.45) is 0. The van der Waals surface area contributed by atoms with Crippen LogP contribution in [0.5, 0.6) is 0 Å². The highest BCUT2D eigenvalue weighted by molar-refractivity contribution is 6.43. The van der Waals surface area contributed by atoms with Crippen LogP contribution in [0, 0.1) is 0 Å². The molecule has 0 radical (unpaired) electrons. The van der Waals surface area contributed by atoms with Gasteiger partial charge in [-0.1, -0.05) is 34.6 Å². The molecule has 0 saturated carbocycles. The maximum Gasteiger partial charge on any atom is 0.360 e. The van der Waals surface area contributed by atoms with Crippen molar-refractivity contribution in [3.63, 3.8) is 0 Å². The van der Waals surface area contributed by atoms with Crippen LogP contribution >= 0.6 is 0 Å². The summed E-state index contributed by atoms with van der Waals surface area (Å²) in [5.74, 6) is -0.575. The van der Waals surface area contributed by atoms with Crippen LogP contribution in [0.2, 0.25) is 0 Å². The molecule has 0 spiro atoms. The Morgan fingerprint density at radius 2 is 1.85 bits per heavy atom. The molecule has 0 aliphatic heterocycles. The SMILES string of the molecule is CO/N=C(/C(=O)OC)c1ccccc1CON=C(C)C. The Morgan fingerprint density at radius 3 is 2.45 bits per heavy atom. The number of carbonyl (C=O) groups excluding carboxylic acids is 1. The first-order chi connectivity index (χ1) is 9.60. The lowest BCUT2D eigenvalue weighted by Gasteiger charge is -2.09. The van der Waals surface area contributed by atoms with Gasteiger partial charge in [0.15, 0.2) is 5.71 Å². The smallest absolute Gasteiger partial charge is 0.360 e. The van der Waals surface area contributed by atoms with E-state index in [4.69, 9.17) is 14.4 Å². The van der Waals surface area contributed by atoms with Gasteiger partial charge in [-0.2, -0.15) is 0 Å². The van der Waals surface area contributed by atoms with E-state index in [2.05, 4.69) is 10.3 Å². The fourth-order valence-electron chi connectivity index (χ4n) is 1.49. The Kier molecular flexibility index (Phi) is 6.22. The van der Waals surface area contributed by atoms with Crippen LogP contribution in [-0.4, -0.2) is 31.6 Å². The second-order valence-electron chi connectivity index (χ2n) is 4.08. The van der Waals surface area contributed by atoms with Crippen LogP contribution in [0.25, 0.3) is 0 Å². The molecule has 6 nitrogen and oxygen atoms in total. The second-order valence-corrected chi connectivity index (χ2v) is 4.08. The fraction of sp³-hybridized carbons (Fsp3) is 0.357. The third kappa shape index (κ3) is 4.38. The summed E-state index contributed by atoms with van der Waals surface area (Å²) in [4.78, 5) is 21.6. The number of nitrogens with zero attached hydrogens (tertiary/aromatic N) is 2. The summed E-state index contributed by atoms with van der Waals surface area (Å²) in [6, 6.07) is 7.20. The van der Waals surface area contributed by atoms with Crippen molar-refractivity contribution in [2.45, 2.75) is 20.5 Å². The van der Waals surface area contributed by atoms with E-state index in [0.717, 1.165) is 11.3 Å². The van der Waals surface area contributed by atoms with E-state index in [1.165, 1.54) is 14.2 Å². The Morgan fingerprint density at radius 1 is 1.15 bits per heavy atom. The van der Waals surface area contributed by atoms with Gasteiger partial charge in [-0.3, -0.25) is 0 Å². The topological polar surface area (TPSA) is 69.5 Å². The Hall–Kier alpha value is -2.37. The molecule has 1 aromatic carbocycles. The van der Waals surface area contributed by atoms with Gasteiger partial charge in [0.25, 0.3) is 0 Å². The number of esters is 1. The molecule has 108 valence electrons. The third-order valence-electron chi connectivity index (χ3n) is 2.30. The maximum absolute atomic E-state index is 11.7. The van der Waals surface area contributed by atoms with Gasteiger partial charge in [-0.05, 0) is 13.8 Å². The van der Waals surface area contributed by atoms with Crippen molar-refractivity contribution in [2.75, 3.05) is 14.2 Å². The molecule has 0 fully saturated rings. The van der Waals surface area contributed by atoms with Crippen LogP contribution in [-0.2, 0) is 25.8 Å². The highest BCUT2D eigenvalue weighted by Gasteiger charge is 2.19. The number of ether oxygens (including phenoxy) is 1. The zero-order chi connectivity index (χ0) is 15.0. The highest BCUT2D eigenvalue weighted by Crippen LogP contribution is 2.13. The lowest BCUT2D eigenvalue weighted by molar-refractivity contribution is -0.132. The lowest BCUT2D eigenvalue weighted by Crippen LogP contribution is -2.19. The van der Waals surface area contributed by atoms with Crippen LogP contribution in [0.15, 0.2) is 34.6 Å². The van der Waals surface area contributed by atoms with Crippen molar-refractivity contribution >= 4 is 17.4 Å². The summed E-state index contributed by atoms with van der Waals surface area (Å²) in [5, 5.41) is 7.58. The van der Waals surface area contributed by atoms with Crippen LogP contribution in [0.4, 0.5) is 0 Å². The molecule has 0 atom stereocenters. The molecule has 6 heteroatoms. The zero-order valence-corrected chi connectivity index (χ0v) is 12.0. The molecular weight excluding hydrogens is 260 g/mol. The molecule has 0 aromatic heterocycles. The number of oxime groups is 2.